The van der Waals surface area contributed by atoms with Crippen LogP contribution in [0.5, 0.6) is 0 Å². The Morgan fingerprint density at radius 2 is 2.11 bits per heavy atom. The van der Waals surface area contributed by atoms with Crippen molar-refractivity contribution in [3.8, 4) is 0 Å². The number of pyridine rings is 1. The molecule has 0 amide bonds. The number of hydrogen-bond acceptors (Lipinski definition) is 4. The number of nitrogens with zero attached hydrogens (tertiary/aromatic N) is 3. The maximum Gasteiger partial charge on any atom is 0.131 e. The van der Waals surface area contributed by atoms with Crippen molar-refractivity contribution in [1.29, 1.82) is 0 Å². The van der Waals surface area contributed by atoms with Crippen molar-refractivity contribution in [2.24, 2.45) is 0 Å². The van der Waals surface area contributed by atoms with Crippen molar-refractivity contribution < 1.29 is 0 Å². The molecule has 2 rings (SSSR count). The monoisotopic (exact) mass is 256 g/mol. The Labute approximate surface area is 114 Å². The maximum absolute atomic E-state index is 4.62. The molecule has 2 aromatic heterocycles. The quantitative estimate of drug-likeness (QED) is 0.863. The van der Waals surface area contributed by atoms with Crippen molar-refractivity contribution >= 4 is 5.82 Å². The van der Waals surface area contributed by atoms with E-state index < -0.39 is 0 Å². The summed E-state index contributed by atoms with van der Waals surface area (Å²) in [7, 11) is 0. The van der Waals surface area contributed by atoms with Gasteiger partial charge in [0.2, 0.25) is 0 Å². The lowest BCUT2D eigenvalue weighted by Crippen LogP contribution is -2.06. The minimum Gasteiger partial charge on any atom is -0.370 e. The van der Waals surface area contributed by atoms with E-state index in [1.54, 1.807) is 6.20 Å². The molecule has 19 heavy (non-hydrogen) atoms. The highest BCUT2D eigenvalue weighted by atomic mass is 15.0. The molecule has 0 bridgehead atoms. The average Bonchev–Trinajstić information content (AvgIpc) is 2.40. The number of aromatic nitrogens is 3. The predicted octanol–water partition coefficient (Wildman–Crippen LogP) is 2.85. The molecule has 0 unspecified atom stereocenters. The van der Waals surface area contributed by atoms with Crippen LogP contribution in [0.25, 0.3) is 0 Å². The summed E-state index contributed by atoms with van der Waals surface area (Å²) < 4.78 is 0. The lowest BCUT2D eigenvalue weighted by Gasteiger charge is -2.08. The Hall–Kier alpha value is -1.97. The standard InChI is InChI=1S/C15H20N4/c1-3-6-14-18-13(10-15(19-14)17-4-2)9-12-7-5-8-16-11-12/h5,7-8,10-11H,3-4,6,9H2,1-2H3,(H,17,18,19). The van der Waals surface area contributed by atoms with Gasteiger partial charge in [-0.05, 0) is 25.0 Å². The van der Waals surface area contributed by atoms with Gasteiger partial charge in [-0.3, -0.25) is 4.98 Å². The first kappa shape index (κ1) is 13.5. The van der Waals surface area contributed by atoms with Gasteiger partial charge in [-0.1, -0.05) is 13.0 Å². The van der Waals surface area contributed by atoms with Crippen LogP contribution in [0.15, 0.2) is 30.6 Å². The molecule has 2 aromatic rings. The van der Waals surface area contributed by atoms with Crippen molar-refractivity contribution in [1.82, 2.24) is 15.0 Å². The fourth-order valence-electron chi connectivity index (χ4n) is 1.96. The van der Waals surface area contributed by atoms with Crippen molar-refractivity contribution in [2.75, 3.05) is 11.9 Å². The first-order chi connectivity index (χ1) is 9.31. The second-order valence-corrected chi connectivity index (χ2v) is 4.48. The molecule has 100 valence electrons. The summed E-state index contributed by atoms with van der Waals surface area (Å²) in [4.78, 5) is 13.3. The van der Waals surface area contributed by atoms with Crippen LogP contribution in [0.1, 0.15) is 37.4 Å². The number of anilines is 1. The first-order valence-corrected chi connectivity index (χ1v) is 6.81. The van der Waals surface area contributed by atoms with Crippen LogP contribution in [0.3, 0.4) is 0 Å². The first-order valence-electron chi connectivity index (χ1n) is 6.81. The SMILES string of the molecule is CCCc1nc(Cc2cccnc2)cc(NCC)n1. The van der Waals surface area contributed by atoms with Crippen LogP contribution in [0, 0.1) is 0 Å². The molecule has 4 heteroatoms. The smallest absolute Gasteiger partial charge is 0.131 e. The summed E-state index contributed by atoms with van der Waals surface area (Å²) in [6, 6.07) is 6.05. The summed E-state index contributed by atoms with van der Waals surface area (Å²) in [5.74, 6) is 1.83. The molecule has 2 heterocycles. The number of nitrogens with one attached hydrogen (secondary N) is 1. The third-order valence-electron chi connectivity index (χ3n) is 2.77. The summed E-state index contributed by atoms with van der Waals surface area (Å²) in [6.07, 6.45) is 6.44. The van der Waals surface area contributed by atoms with E-state index in [4.69, 9.17) is 0 Å². The lowest BCUT2D eigenvalue weighted by atomic mass is 10.1. The largest absolute Gasteiger partial charge is 0.370 e. The fraction of sp³-hybridized carbons (Fsp3) is 0.400. The van der Waals surface area contributed by atoms with Gasteiger partial charge in [-0.2, -0.15) is 0 Å². The number of aryl methyl sites for hydroxylation is 1. The van der Waals surface area contributed by atoms with Gasteiger partial charge in [-0.25, -0.2) is 9.97 Å². The van der Waals surface area contributed by atoms with E-state index in [-0.39, 0.29) is 0 Å². The molecule has 0 atom stereocenters. The van der Waals surface area contributed by atoms with E-state index in [9.17, 15) is 0 Å². The molecule has 0 aliphatic rings. The molecule has 0 spiro atoms. The Kier molecular flexibility index (Phi) is 4.84. The Morgan fingerprint density at radius 3 is 2.79 bits per heavy atom. The molecule has 4 nitrogen and oxygen atoms in total. The predicted molar refractivity (Wildman–Crippen MR) is 77.2 cm³/mol. The van der Waals surface area contributed by atoms with Gasteiger partial charge in [0.05, 0.1) is 5.69 Å². The van der Waals surface area contributed by atoms with Gasteiger partial charge in [0.1, 0.15) is 11.6 Å². The molecule has 1 N–H and O–H groups in total. The summed E-state index contributed by atoms with van der Waals surface area (Å²) in [6.45, 7) is 5.08. The zero-order valence-corrected chi connectivity index (χ0v) is 11.6. The van der Waals surface area contributed by atoms with Gasteiger partial charge >= 0.3 is 0 Å². The van der Waals surface area contributed by atoms with Gasteiger partial charge < -0.3 is 5.32 Å². The molecule has 0 aliphatic carbocycles. The summed E-state index contributed by atoms with van der Waals surface area (Å²) in [5.41, 5.74) is 2.22. The molecule has 0 aliphatic heterocycles. The van der Waals surface area contributed by atoms with E-state index >= 15 is 0 Å². The highest BCUT2D eigenvalue weighted by molar-refractivity contribution is 5.37. The van der Waals surface area contributed by atoms with Crippen LogP contribution < -0.4 is 5.32 Å². The van der Waals surface area contributed by atoms with E-state index in [1.165, 1.54) is 5.56 Å². The van der Waals surface area contributed by atoms with E-state index in [0.29, 0.717) is 0 Å². The summed E-state index contributed by atoms with van der Waals surface area (Å²) in [5, 5.41) is 3.27. The van der Waals surface area contributed by atoms with Gasteiger partial charge in [0.25, 0.3) is 0 Å². The second kappa shape index (κ2) is 6.83. The Balaban J connectivity index is 2.23. The second-order valence-electron chi connectivity index (χ2n) is 4.48. The molecule has 0 saturated heterocycles. The zero-order chi connectivity index (χ0) is 13.5. The molecule has 0 aromatic carbocycles. The lowest BCUT2D eigenvalue weighted by molar-refractivity contribution is 0.817. The van der Waals surface area contributed by atoms with Crippen LogP contribution in [-0.2, 0) is 12.8 Å². The van der Waals surface area contributed by atoms with Gasteiger partial charge in [0.15, 0.2) is 0 Å². The van der Waals surface area contributed by atoms with Crippen LogP contribution in [-0.4, -0.2) is 21.5 Å². The van der Waals surface area contributed by atoms with Gasteiger partial charge in [-0.15, -0.1) is 0 Å². The average molecular weight is 256 g/mol. The van der Waals surface area contributed by atoms with E-state index in [1.807, 2.05) is 18.3 Å². The minimum atomic E-state index is 0.797. The number of hydrogen-bond donors (Lipinski definition) is 1. The Bertz CT molecular complexity index is 487. The van der Waals surface area contributed by atoms with Crippen LogP contribution in [0.2, 0.25) is 0 Å². The van der Waals surface area contributed by atoms with Crippen molar-refractivity contribution in [2.45, 2.75) is 33.1 Å². The van der Waals surface area contributed by atoms with Crippen molar-refractivity contribution in [3.05, 3.63) is 47.7 Å². The minimum absolute atomic E-state index is 0.797. The van der Waals surface area contributed by atoms with Crippen LogP contribution >= 0.6 is 0 Å². The van der Waals surface area contributed by atoms with Gasteiger partial charge in [0, 0.05) is 37.8 Å². The zero-order valence-electron chi connectivity index (χ0n) is 11.6. The van der Waals surface area contributed by atoms with E-state index in [0.717, 1.165) is 43.1 Å². The number of rotatable bonds is 6. The maximum atomic E-state index is 4.62. The van der Waals surface area contributed by atoms with Crippen molar-refractivity contribution in [3.63, 3.8) is 0 Å². The van der Waals surface area contributed by atoms with E-state index in [2.05, 4.69) is 40.2 Å². The topological polar surface area (TPSA) is 50.7 Å². The molecular weight excluding hydrogens is 236 g/mol. The molecule has 0 saturated carbocycles. The third kappa shape index (κ3) is 4.02. The highest BCUT2D eigenvalue weighted by Crippen LogP contribution is 2.12. The Morgan fingerprint density at radius 1 is 1.21 bits per heavy atom. The highest BCUT2D eigenvalue weighted by Gasteiger charge is 2.05. The normalized spacial score (nSPS) is 10.4. The third-order valence-corrected chi connectivity index (χ3v) is 2.77. The summed E-state index contributed by atoms with van der Waals surface area (Å²) >= 11 is 0. The fourth-order valence-corrected chi connectivity index (χ4v) is 1.96. The molecular formula is C15H20N4. The van der Waals surface area contributed by atoms with Crippen LogP contribution in [0.4, 0.5) is 5.82 Å². The molecule has 0 radical (unpaired) electrons. The molecule has 0 fully saturated rings.